The third-order valence-electron chi connectivity index (χ3n) is 5.22. The van der Waals surface area contributed by atoms with Crippen molar-refractivity contribution < 1.29 is 17.1 Å². The first kappa shape index (κ1) is 19.8. The van der Waals surface area contributed by atoms with Gasteiger partial charge in [-0.15, -0.1) is 0 Å². The number of rotatable bonds is 5. The van der Waals surface area contributed by atoms with Gasteiger partial charge in [-0.25, -0.2) is 0 Å². The molecule has 4 rings (SSSR count). The summed E-state index contributed by atoms with van der Waals surface area (Å²) in [5.74, 6) is 0. The van der Waals surface area contributed by atoms with Crippen LogP contribution in [-0.4, -0.2) is 0 Å². The van der Waals surface area contributed by atoms with Gasteiger partial charge in [-0.2, -0.15) is 0 Å². The van der Waals surface area contributed by atoms with E-state index in [1.807, 2.05) is 0 Å². The predicted octanol–water partition coefficient (Wildman–Crippen LogP) is 5.60. The molecule has 27 heavy (non-hydrogen) atoms. The monoisotopic (exact) mass is 418 g/mol. The predicted molar refractivity (Wildman–Crippen MR) is 116 cm³/mol. The number of hydrogen-bond donors (Lipinski definition) is 0. The smallest absolute Gasteiger partial charge is 0.0763 e. The summed E-state index contributed by atoms with van der Waals surface area (Å²) in [6.07, 6.45) is 6.83. The van der Waals surface area contributed by atoms with Crippen LogP contribution in [0.5, 0.6) is 0 Å². The van der Waals surface area contributed by atoms with Crippen molar-refractivity contribution in [2.75, 3.05) is 0 Å². The second kappa shape index (κ2) is 8.85. The van der Waals surface area contributed by atoms with E-state index < -0.39 is 7.26 Å². The molecule has 0 fully saturated rings. The van der Waals surface area contributed by atoms with Gasteiger partial charge in [-0.05, 0) is 48.4 Å². The third kappa shape index (κ3) is 3.48. The van der Waals surface area contributed by atoms with Crippen molar-refractivity contribution in [3.8, 4) is 0 Å². The molecule has 0 aliphatic heterocycles. The first-order chi connectivity index (χ1) is 12.9. The largest absolute Gasteiger partial charge is 1.00 e. The van der Waals surface area contributed by atoms with Gasteiger partial charge in [0.15, 0.2) is 0 Å². The Bertz CT molecular complexity index is 831. The van der Waals surface area contributed by atoms with E-state index in [1.165, 1.54) is 21.5 Å². The normalized spacial score (nSPS) is 13.5. The van der Waals surface area contributed by atoms with Gasteiger partial charge in [-0.1, -0.05) is 73.7 Å². The Morgan fingerprint density at radius 3 is 1.44 bits per heavy atom. The Morgan fingerprint density at radius 1 is 0.667 bits per heavy atom. The standard InChI is InChI=1S/C25H24P.Cu/c1-2-21-13-12-20-25(21)26(22-14-6-3-7-15-22,23-16-8-4-9-17-23)24-18-10-5-11-19-24;/h3-19H,2,20H2,1H3;/q2*+1. The molecule has 0 radical (unpaired) electrons. The van der Waals surface area contributed by atoms with Crippen LogP contribution in [0.2, 0.25) is 0 Å². The van der Waals surface area contributed by atoms with Gasteiger partial charge in [0.05, 0.1) is 5.31 Å². The summed E-state index contributed by atoms with van der Waals surface area (Å²) < 4.78 is 0. The number of benzene rings is 3. The Hall–Kier alpha value is -1.91. The van der Waals surface area contributed by atoms with Gasteiger partial charge >= 0.3 is 17.1 Å². The second-order valence-electron chi connectivity index (χ2n) is 6.61. The summed E-state index contributed by atoms with van der Waals surface area (Å²) >= 11 is 0. The van der Waals surface area contributed by atoms with Gasteiger partial charge in [0.2, 0.25) is 0 Å². The van der Waals surface area contributed by atoms with Crippen molar-refractivity contribution in [3.63, 3.8) is 0 Å². The second-order valence-corrected chi connectivity index (χ2v) is 10.0. The molecule has 0 saturated heterocycles. The zero-order valence-electron chi connectivity index (χ0n) is 15.5. The summed E-state index contributed by atoms with van der Waals surface area (Å²) in [5, 5.41) is 5.95. The fourth-order valence-corrected chi connectivity index (χ4v) is 8.81. The Kier molecular flexibility index (Phi) is 6.50. The van der Waals surface area contributed by atoms with E-state index in [0.717, 1.165) is 12.8 Å². The molecule has 0 bridgehead atoms. The Morgan fingerprint density at radius 2 is 1.07 bits per heavy atom. The zero-order chi connectivity index (χ0) is 17.8. The summed E-state index contributed by atoms with van der Waals surface area (Å²) in [6, 6.07) is 33.4. The summed E-state index contributed by atoms with van der Waals surface area (Å²) in [6.45, 7) is 2.28. The minimum Gasteiger partial charge on any atom is -0.0763 e. The van der Waals surface area contributed by atoms with E-state index in [1.54, 1.807) is 5.31 Å². The molecule has 1 aliphatic carbocycles. The van der Waals surface area contributed by atoms with Crippen molar-refractivity contribution in [2.24, 2.45) is 0 Å². The fourth-order valence-electron chi connectivity index (χ4n) is 4.08. The van der Waals surface area contributed by atoms with Crippen molar-refractivity contribution >= 4 is 23.2 Å². The van der Waals surface area contributed by atoms with Gasteiger partial charge in [-0.3, -0.25) is 0 Å². The summed E-state index contributed by atoms with van der Waals surface area (Å²) in [4.78, 5) is 0. The molecule has 0 aromatic heterocycles. The first-order valence-electron chi connectivity index (χ1n) is 9.32. The molecule has 0 nitrogen and oxygen atoms in total. The number of allylic oxidation sites excluding steroid dienone is 4. The molecule has 2 heteroatoms. The minimum absolute atomic E-state index is 0. The van der Waals surface area contributed by atoms with Crippen molar-refractivity contribution in [1.29, 1.82) is 0 Å². The van der Waals surface area contributed by atoms with E-state index in [9.17, 15) is 0 Å². The van der Waals surface area contributed by atoms with Crippen LogP contribution in [0.1, 0.15) is 19.8 Å². The van der Waals surface area contributed by atoms with E-state index in [2.05, 4.69) is 110 Å². The number of hydrogen-bond acceptors (Lipinski definition) is 0. The first-order valence-corrected chi connectivity index (χ1v) is 11.1. The molecular weight excluding hydrogens is 395 g/mol. The molecule has 0 heterocycles. The van der Waals surface area contributed by atoms with Gasteiger partial charge in [0.1, 0.15) is 23.2 Å². The van der Waals surface area contributed by atoms with Crippen LogP contribution in [0.25, 0.3) is 0 Å². The molecule has 1 aliphatic rings. The van der Waals surface area contributed by atoms with Crippen molar-refractivity contribution in [1.82, 2.24) is 0 Å². The van der Waals surface area contributed by atoms with E-state index >= 15 is 0 Å². The fraction of sp³-hybridized carbons (Fsp3) is 0.120. The van der Waals surface area contributed by atoms with E-state index in [-0.39, 0.29) is 17.1 Å². The summed E-state index contributed by atoms with van der Waals surface area (Å²) in [7, 11) is -1.86. The average molecular weight is 419 g/mol. The molecule has 0 unspecified atom stereocenters. The SMILES string of the molecule is CCC1=C([P+](c2ccccc2)(c2ccccc2)c2ccccc2)CC=C1.[Cu+]. The van der Waals surface area contributed by atoms with Crippen LogP contribution in [0.4, 0.5) is 0 Å². The Labute approximate surface area is 173 Å². The van der Waals surface area contributed by atoms with Gasteiger partial charge in [0.25, 0.3) is 0 Å². The Balaban J connectivity index is 0.00000210. The third-order valence-corrected chi connectivity index (χ3v) is 9.71. The maximum absolute atomic E-state index is 2.35. The maximum Gasteiger partial charge on any atom is 1.00 e. The molecule has 0 saturated carbocycles. The molecule has 0 amide bonds. The summed E-state index contributed by atoms with van der Waals surface area (Å²) in [5.41, 5.74) is 1.51. The molecule has 3 aromatic rings. The van der Waals surface area contributed by atoms with Crippen LogP contribution in [-0.2, 0) is 17.1 Å². The van der Waals surface area contributed by atoms with Crippen molar-refractivity contribution in [3.05, 3.63) is 114 Å². The minimum atomic E-state index is -1.86. The van der Waals surface area contributed by atoms with Gasteiger partial charge < -0.3 is 0 Å². The molecule has 138 valence electrons. The average Bonchev–Trinajstić information content (AvgIpc) is 3.20. The quantitative estimate of drug-likeness (QED) is 0.373. The molecule has 0 atom stereocenters. The van der Waals surface area contributed by atoms with Gasteiger partial charge in [0, 0.05) is 6.42 Å². The molecule has 0 spiro atoms. The van der Waals surface area contributed by atoms with Crippen LogP contribution >= 0.6 is 7.26 Å². The van der Waals surface area contributed by atoms with E-state index in [0.29, 0.717) is 0 Å². The van der Waals surface area contributed by atoms with Crippen molar-refractivity contribution in [2.45, 2.75) is 19.8 Å². The van der Waals surface area contributed by atoms with Crippen LogP contribution < -0.4 is 15.9 Å². The molecular formula is C25H24CuP+2. The topological polar surface area (TPSA) is 0 Å². The molecule has 3 aromatic carbocycles. The zero-order valence-corrected chi connectivity index (χ0v) is 17.3. The van der Waals surface area contributed by atoms with Crippen LogP contribution in [0, 0.1) is 0 Å². The van der Waals surface area contributed by atoms with Crippen LogP contribution in [0.15, 0.2) is 114 Å². The molecule has 0 N–H and O–H groups in total. The van der Waals surface area contributed by atoms with E-state index in [4.69, 9.17) is 0 Å². The maximum atomic E-state index is 2.35. The van der Waals surface area contributed by atoms with Crippen LogP contribution in [0.3, 0.4) is 0 Å².